The van der Waals surface area contributed by atoms with Gasteiger partial charge in [-0.1, -0.05) is 42.5 Å². The zero-order valence-electron chi connectivity index (χ0n) is 24.9. The van der Waals surface area contributed by atoms with Crippen LogP contribution in [0.4, 0.5) is 5.69 Å². The molecule has 1 saturated heterocycles. The number of carbonyl (C=O) groups is 1. The number of halogens is 1. The van der Waals surface area contributed by atoms with E-state index < -0.39 is 22.9 Å². The van der Waals surface area contributed by atoms with Crippen LogP contribution in [0.3, 0.4) is 0 Å². The zero-order valence-corrected chi connectivity index (χ0v) is 26.6. The zero-order chi connectivity index (χ0) is 30.1. The first-order chi connectivity index (χ1) is 20.1. The van der Waals surface area contributed by atoms with Crippen molar-refractivity contribution in [1.29, 1.82) is 0 Å². The van der Waals surface area contributed by atoms with E-state index in [2.05, 4.69) is 10.6 Å². The Labute approximate surface area is 262 Å². The standard InChI is InChI=1S/C32H43N3O6S.ClH/c1-23(2)41-29-19-26(18-27(20-29)35-14-7-8-15-42(35,38)39)32(37)34-30(17-24-10-5-4-6-11-24)31(36)22-33-21-25-12-9-13-28(16-25)40-3;/h4-6,9-13,16,18-20,23,30-31,33,36,38-39H,7-8,14-15,17,21-22H2,1-3H3,(H,34,37);1H/t30-,31+;/m0./s1. The molecule has 4 rings (SSSR count). The molecule has 2 atom stereocenters. The lowest BCUT2D eigenvalue weighted by molar-refractivity contribution is 0.0829. The summed E-state index contributed by atoms with van der Waals surface area (Å²) in [6.45, 7) is 5.05. The average Bonchev–Trinajstić information content (AvgIpc) is 2.96. The van der Waals surface area contributed by atoms with Gasteiger partial charge in [-0.15, -0.1) is 23.2 Å². The Morgan fingerprint density at radius 1 is 0.977 bits per heavy atom. The first-order valence-corrected chi connectivity index (χ1v) is 16.0. The number of anilines is 1. The molecule has 11 heteroatoms. The predicted molar refractivity (Wildman–Crippen MR) is 176 cm³/mol. The van der Waals surface area contributed by atoms with Crippen molar-refractivity contribution in [2.24, 2.45) is 0 Å². The van der Waals surface area contributed by atoms with Gasteiger partial charge in [0.1, 0.15) is 11.5 Å². The molecule has 9 nitrogen and oxygen atoms in total. The molecule has 1 amide bonds. The van der Waals surface area contributed by atoms with Crippen LogP contribution in [0.25, 0.3) is 0 Å². The summed E-state index contributed by atoms with van der Waals surface area (Å²) in [6.07, 6.45) is 0.959. The topological polar surface area (TPSA) is 124 Å². The summed E-state index contributed by atoms with van der Waals surface area (Å²) in [5, 5.41) is 17.6. The molecule has 0 aliphatic carbocycles. The normalized spacial score (nSPS) is 16.5. The monoisotopic (exact) mass is 633 g/mol. The molecule has 0 radical (unpaired) electrons. The van der Waals surface area contributed by atoms with Gasteiger partial charge in [0.15, 0.2) is 0 Å². The number of methoxy groups -OCH3 is 1. The Morgan fingerprint density at radius 3 is 2.42 bits per heavy atom. The number of aliphatic hydroxyl groups is 1. The summed E-state index contributed by atoms with van der Waals surface area (Å²) in [7, 11) is -1.37. The number of rotatable bonds is 13. The van der Waals surface area contributed by atoms with Crippen LogP contribution in [0.5, 0.6) is 11.5 Å². The van der Waals surface area contributed by atoms with E-state index in [4.69, 9.17) is 9.47 Å². The largest absolute Gasteiger partial charge is 0.497 e. The first-order valence-electron chi connectivity index (χ1n) is 14.4. The van der Waals surface area contributed by atoms with Gasteiger partial charge in [0.2, 0.25) is 0 Å². The summed E-state index contributed by atoms with van der Waals surface area (Å²) >= 11 is 0. The van der Waals surface area contributed by atoms with Gasteiger partial charge in [0.05, 0.1) is 36.8 Å². The molecular formula is C32H44ClN3O6S. The molecule has 1 aliphatic rings. The predicted octanol–water partition coefficient (Wildman–Crippen LogP) is 5.66. The molecule has 3 aromatic carbocycles. The van der Waals surface area contributed by atoms with Crippen LogP contribution < -0.4 is 24.4 Å². The van der Waals surface area contributed by atoms with Crippen LogP contribution in [0.2, 0.25) is 0 Å². The van der Waals surface area contributed by atoms with E-state index in [9.17, 15) is 19.0 Å². The quantitative estimate of drug-likeness (QED) is 0.163. The Bertz CT molecular complexity index is 1310. The van der Waals surface area contributed by atoms with E-state index in [0.29, 0.717) is 36.5 Å². The van der Waals surface area contributed by atoms with Gasteiger partial charge in [-0.3, -0.25) is 18.2 Å². The second-order valence-corrected chi connectivity index (χ2v) is 13.0. The van der Waals surface area contributed by atoms with Gasteiger partial charge >= 0.3 is 0 Å². The Hall–Kier alpha value is -2.99. The minimum absolute atomic E-state index is 0. The summed E-state index contributed by atoms with van der Waals surface area (Å²) in [4.78, 5) is 13.7. The first kappa shape index (κ1) is 34.5. The number of hydrogen-bond acceptors (Lipinski definition) is 8. The fourth-order valence-electron chi connectivity index (χ4n) is 5.00. The minimum atomic E-state index is -2.99. The van der Waals surface area contributed by atoms with Crippen LogP contribution in [0.1, 0.15) is 48.2 Å². The lowest BCUT2D eigenvalue weighted by Gasteiger charge is -2.47. The fourth-order valence-corrected chi connectivity index (χ4v) is 6.67. The number of benzene rings is 3. The average molecular weight is 634 g/mol. The minimum Gasteiger partial charge on any atom is -0.497 e. The highest BCUT2D eigenvalue weighted by Gasteiger charge is 2.29. The second-order valence-electron chi connectivity index (χ2n) is 10.8. The van der Waals surface area contributed by atoms with E-state index in [-0.39, 0.29) is 36.7 Å². The van der Waals surface area contributed by atoms with E-state index in [0.717, 1.165) is 29.7 Å². The third-order valence-corrected chi connectivity index (χ3v) is 9.03. The Morgan fingerprint density at radius 2 is 1.72 bits per heavy atom. The molecule has 43 heavy (non-hydrogen) atoms. The molecule has 0 unspecified atom stereocenters. The third kappa shape index (κ3) is 10.0. The van der Waals surface area contributed by atoms with Crippen molar-refractivity contribution in [3.05, 3.63) is 89.5 Å². The van der Waals surface area contributed by atoms with Crippen LogP contribution >= 0.6 is 23.2 Å². The van der Waals surface area contributed by atoms with Gasteiger partial charge in [0.25, 0.3) is 5.91 Å². The van der Waals surface area contributed by atoms with E-state index >= 15 is 0 Å². The molecular weight excluding hydrogens is 590 g/mol. The SMILES string of the molecule is COc1cccc(CNC[C@@H](O)[C@H](Cc2ccccc2)NC(=O)c2cc(OC(C)C)cc(N3CCCCS3(O)O)c2)c1.Cl. The fraction of sp³-hybridized carbons (Fsp3) is 0.406. The molecule has 0 saturated carbocycles. The Balaban J connectivity index is 0.00000506. The van der Waals surface area contributed by atoms with Crippen molar-refractivity contribution in [2.75, 3.05) is 30.3 Å². The van der Waals surface area contributed by atoms with Crippen LogP contribution in [0, 0.1) is 0 Å². The second kappa shape index (κ2) is 16.2. The number of hydrogen-bond donors (Lipinski definition) is 5. The molecule has 1 aliphatic heterocycles. The number of carbonyl (C=O) groups excluding carboxylic acids is 1. The highest BCUT2D eigenvalue weighted by molar-refractivity contribution is 8.25. The highest BCUT2D eigenvalue weighted by atomic mass is 35.5. The summed E-state index contributed by atoms with van der Waals surface area (Å²) < 4.78 is 34.3. The number of aliphatic hydroxyl groups excluding tert-OH is 1. The van der Waals surface area contributed by atoms with Crippen molar-refractivity contribution in [2.45, 2.75) is 57.9 Å². The van der Waals surface area contributed by atoms with Gasteiger partial charge in [-0.25, -0.2) is 0 Å². The van der Waals surface area contributed by atoms with Crippen LogP contribution in [-0.2, 0) is 13.0 Å². The summed E-state index contributed by atoms with van der Waals surface area (Å²) in [5.41, 5.74) is 2.84. The maximum atomic E-state index is 13.7. The molecule has 236 valence electrons. The van der Waals surface area contributed by atoms with E-state index in [1.165, 1.54) is 0 Å². The van der Waals surface area contributed by atoms with E-state index in [1.54, 1.807) is 29.6 Å². The highest BCUT2D eigenvalue weighted by Crippen LogP contribution is 2.50. The van der Waals surface area contributed by atoms with Crippen molar-refractivity contribution >= 4 is 34.8 Å². The van der Waals surface area contributed by atoms with Gasteiger partial charge in [0, 0.05) is 31.3 Å². The summed E-state index contributed by atoms with van der Waals surface area (Å²) in [5.74, 6) is 1.14. The number of amides is 1. The number of ether oxygens (including phenoxy) is 2. The maximum absolute atomic E-state index is 13.7. The van der Waals surface area contributed by atoms with Gasteiger partial charge < -0.3 is 25.2 Å². The molecule has 0 bridgehead atoms. The van der Waals surface area contributed by atoms with Crippen molar-refractivity contribution in [3.8, 4) is 11.5 Å². The van der Waals surface area contributed by atoms with Crippen molar-refractivity contribution in [3.63, 3.8) is 0 Å². The number of nitrogens with one attached hydrogen (secondary N) is 2. The van der Waals surface area contributed by atoms with Crippen molar-refractivity contribution < 1.29 is 28.5 Å². The Kier molecular flexibility index (Phi) is 13.0. The summed E-state index contributed by atoms with van der Waals surface area (Å²) in [6, 6.07) is 21.9. The molecule has 0 aromatic heterocycles. The molecule has 1 heterocycles. The van der Waals surface area contributed by atoms with Crippen molar-refractivity contribution in [1.82, 2.24) is 10.6 Å². The molecule has 1 fully saturated rings. The number of nitrogens with zero attached hydrogens (tertiary/aromatic N) is 1. The van der Waals surface area contributed by atoms with Gasteiger partial charge in [-0.2, -0.15) is 0 Å². The molecule has 3 aromatic rings. The lowest BCUT2D eigenvalue weighted by Crippen LogP contribution is -2.48. The van der Waals surface area contributed by atoms with Crippen LogP contribution in [-0.4, -0.2) is 64.3 Å². The molecule has 0 spiro atoms. The molecule has 5 N–H and O–H groups in total. The van der Waals surface area contributed by atoms with Gasteiger partial charge in [-0.05, 0) is 68.5 Å². The van der Waals surface area contributed by atoms with Crippen LogP contribution in [0.15, 0.2) is 72.8 Å². The van der Waals surface area contributed by atoms with E-state index in [1.807, 2.05) is 68.4 Å². The third-order valence-electron chi connectivity index (χ3n) is 7.09. The lowest BCUT2D eigenvalue weighted by atomic mass is 10.00. The smallest absolute Gasteiger partial charge is 0.251 e. The maximum Gasteiger partial charge on any atom is 0.251 e.